The highest BCUT2D eigenvalue weighted by Gasteiger charge is 2.39. The smallest absolute Gasteiger partial charge is 0.0255 e. The predicted octanol–water partition coefficient (Wildman–Crippen LogP) is 3.90. The molecule has 0 spiro atoms. The fourth-order valence-electron chi connectivity index (χ4n) is 3.49. The van der Waals surface area contributed by atoms with E-state index >= 15 is 0 Å². The molecule has 0 aliphatic heterocycles. The van der Waals surface area contributed by atoms with Gasteiger partial charge in [0.05, 0.1) is 0 Å². The maximum absolute atomic E-state index is 3.86. The molecule has 2 bridgehead atoms. The van der Waals surface area contributed by atoms with E-state index in [-0.39, 0.29) is 0 Å². The number of nitrogens with one attached hydrogen (secondary N) is 1. The third-order valence-electron chi connectivity index (χ3n) is 4.16. The van der Waals surface area contributed by atoms with Crippen molar-refractivity contribution in [2.45, 2.75) is 64.8 Å². The second-order valence-electron chi connectivity index (χ2n) is 6.50. The van der Waals surface area contributed by atoms with Crippen LogP contribution >= 0.6 is 0 Å². The Morgan fingerprint density at radius 2 is 2.31 bits per heavy atom. The minimum atomic E-state index is 0.462. The Labute approximate surface area is 101 Å². The summed E-state index contributed by atoms with van der Waals surface area (Å²) in [5, 5.41) is 3.86. The van der Waals surface area contributed by atoms with Crippen LogP contribution in [0.3, 0.4) is 0 Å². The lowest BCUT2D eigenvalue weighted by molar-refractivity contribution is 0.242. The van der Waals surface area contributed by atoms with E-state index in [4.69, 9.17) is 0 Å². The summed E-state index contributed by atoms with van der Waals surface area (Å²) in [4.78, 5) is 0. The summed E-state index contributed by atoms with van der Waals surface area (Å²) >= 11 is 0. The summed E-state index contributed by atoms with van der Waals surface area (Å²) in [7, 11) is 0. The normalized spacial score (nSPS) is 33.2. The van der Waals surface area contributed by atoms with Crippen LogP contribution < -0.4 is 5.32 Å². The van der Waals surface area contributed by atoms with Gasteiger partial charge in [0.25, 0.3) is 0 Å². The molecule has 1 N–H and O–H groups in total. The molecule has 2 rings (SSSR count). The monoisotopic (exact) mass is 221 g/mol. The van der Waals surface area contributed by atoms with Crippen LogP contribution in [0, 0.1) is 11.8 Å². The van der Waals surface area contributed by atoms with Crippen molar-refractivity contribution in [3.63, 3.8) is 0 Å². The first-order valence-electron chi connectivity index (χ1n) is 7.03. The molecule has 92 valence electrons. The van der Waals surface area contributed by atoms with Crippen molar-refractivity contribution in [3.8, 4) is 0 Å². The highest BCUT2D eigenvalue weighted by atomic mass is 15.0. The summed E-state index contributed by atoms with van der Waals surface area (Å²) in [6.07, 6.45) is 10.6. The standard InChI is InChI=1S/C15H27N/c1-12(2)5-4-8-16-15-7-6-14(11-15)9-13(3)10-15/h6,12-13,16H,4-5,7-11H2,1-3H3. The fourth-order valence-corrected chi connectivity index (χ4v) is 3.49. The zero-order chi connectivity index (χ0) is 11.6. The molecule has 0 aromatic heterocycles. The quantitative estimate of drug-likeness (QED) is 0.548. The van der Waals surface area contributed by atoms with Gasteiger partial charge in [-0.1, -0.05) is 32.4 Å². The largest absolute Gasteiger partial charge is 0.311 e. The van der Waals surface area contributed by atoms with Crippen molar-refractivity contribution in [1.82, 2.24) is 5.32 Å². The molecule has 1 saturated carbocycles. The number of hydrogen-bond acceptors (Lipinski definition) is 1. The second-order valence-corrected chi connectivity index (χ2v) is 6.50. The number of rotatable bonds is 5. The van der Waals surface area contributed by atoms with Gasteiger partial charge in [0.15, 0.2) is 0 Å². The van der Waals surface area contributed by atoms with Gasteiger partial charge < -0.3 is 5.32 Å². The van der Waals surface area contributed by atoms with Gasteiger partial charge in [-0.2, -0.15) is 0 Å². The van der Waals surface area contributed by atoms with Crippen molar-refractivity contribution in [3.05, 3.63) is 11.6 Å². The molecule has 0 radical (unpaired) electrons. The molecule has 0 amide bonds. The van der Waals surface area contributed by atoms with E-state index in [0.29, 0.717) is 5.54 Å². The molecule has 0 aromatic carbocycles. The Morgan fingerprint density at radius 1 is 1.50 bits per heavy atom. The molecule has 0 aromatic rings. The van der Waals surface area contributed by atoms with Crippen LogP contribution in [0.5, 0.6) is 0 Å². The fraction of sp³-hybridized carbons (Fsp3) is 0.867. The minimum Gasteiger partial charge on any atom is -0.311 e. The SMILES string of the molecule is CC(C)CCCNC12CC=C(CC(C)C1)C2. The van der Waals surface area contributed by atoms with Crippen molar-refractivity contribution in [2.75, 3.05) is 6.54 Å². The minimum absolute atomic E-state index is 0.462. The van der Waals surface area contributed by atoms with Crippen LogP contribution in [0.15, 0.2) is 11.6 Å². The van der Waals surface area contributed by atoms with Gasteiger partial charge in [-0.3, -0.25) is 0 Å². The van der Waals surface area contributed by atoms with E-state index in [1.165, 1.54) is 45.1 Å². The van der Waals surface area contributed by atoms with Crippen molar-refractivity contribution >= 4 is 0 Å². The van der Waals surface area contributed by atoms with Crippen LogP contribution in [0.1, 0.15) is 59.3 Å². The van der Waals surface area contributed by atoms with Gasteiger partial charge in [0, 0.05) is 5.54 Å². The van der Waals surface area contributed by atoms with E-state index in [1.807, 2.05) is 0 Å². The molecule has 2 unspecified atom stereocenters. The van der Waals surface area contributed by atoms with Crippen LogP contribution in [0.4, 0.5) is 0 Å². The highest BCUT2D eigenvalue weighted by Crippen LogP contribution is 2.43. The Balaban J connectivity index is 1.76. The Morgan fingerprint density at radius 3 is 3.06 bits per heavy atom. The average Bonchev–Trinajstić information content (AvgIpc) is 2.50. The van der Waals surface area contributed by atoms with Crippen molar-refractivity contribution < 1.29 is 0 Å². The lowest BCUT2D eigenvalue weighted by atomic mass is 9.77. The molecule has 1 heteroatoms. The van der Waals surface area contributed by atoms with E-state index in [0.717, 1.165) is 11.8 Å². The first kappa shape index (κ1) is 12.2. The summed E-state index contributed by atoms with van der Waals surface area (Å²) in [5.41, 5.74) is 2.18. The molecule has 0 saturated heterocycles. The molecule has 1 fully saturated rings. The third kappa shape index (κ3) is 2.88. The van der Waals surface area contributed by atoms with Crippen LogP contribution in [0.25, 0.3) is 0 Å². The summed E-state index contributed by atoms with van der Waals surface area (Å²) in [5.74, 6) is 1.74. The first-order valence-corrected chi connectivity index (χ1v) is 7.03. The maximum atomic E-state index is 3.86. The molecule has 2 aliphatic rings. The van der Waals surface area contributed by atoms with Crippen LogP contribution in [-0.4, -0.2) is 12.1 Å². The number of fused-ring (bicyclic) bond motifs is 2. The molecule has 0 heterocycles. The van der Waals surface area contributed by atoms with Gasteiger partial charge >= 0.3 is 0 Å². The first-order chi connectivity index (χ1) is 7.60. The van der Waals surface area contributed by atoms with Gasteiger partial charge in [0.1, 0.15) is 0 Å². The summed E-state index contributed by atoms with van der Waals surface area (Å²) in [6, 6.07) is 0. The third-order valence-corrected chi connectivity index (χ3v) is 4.16. The molecule has 16 heavy (non-hydrogen) atoms. The zero-order valence-electron chi connectivity index (χ0n) is 11.2. The van der Waals surface area contributed by atoms with Crippen molar-refractivity contribution in [1.29, 1.82) is 0 Å². The average molecular weight is 221 g/mol. The predicted molar refractivity (Wildman–Crippen MR) is 70.5 cm³/mol. The summed E-state index contributed by atoms with van der Waals surface area (Å²) < 4.78 is 0. The maximum Gasteiger partial charge on any atom is 0.0255 e. The van der Waals surface area contributed by atoms with Gasteiger partial charge in [-0.25, -0.2) is 0 Å². The zero-order valence-corrected chi connectivity index (χ0v) is 11.2. The molecule has 1 nitrogen and oxygen atoms in total. The second kappa shape index (κ2) is 4.91. The van der Waals surface area contributed by atoms with Gasteiger partial charge in [0.2, 0.25) is 0 Å². The van der Waals surface area contributed by atoms with Crippen molar-refractivity contribution in [2.24, 2.45) is 11.8 Å². The van der Waals surface area contributed by atoms with Crippen LogP contribution in [-0.2, 0) is 0 Å². The lowest BCUT2D eigenvalue weighted by Crippen LogP contribution is -2.46. The molecule has 2 atom stereocenters. The number of hydrogen-bond donors (Lipinski definition) is 1. The Kier molecular flexibility index (Phi) is 3.73. The van der Waals surface area contributed by atoms with Gasteiger partial charge in [-0.15, -0.1) is 0 Å². The molecular formula is C15H27N. The van der Waals surface area contributed by atoms with E-state index in [2.05, 4.69) is 32.2 Å². The lowest BCUT2D eigenvalue weighted by Gasteiger charge is -2.37. The topological polar surface area (TPSA) is 12.0 Å². The van der Waals surface area contributed by atoms with Crippen LogP contribution in [0.2, 0.25) is 0 Å². The van der Waals surface area contributed by atoms with E-state index in [9.17, 15) is 0 Å². The summed E-state index contributed by atoms with van der Waals surface area (Å²) in [6.45, 7) is 8.25. The highest BCUT2D eigenvalue weighted by molar-refractivity contribution is 5.22. The Hall–Kier alpha value is -0.300. The van der Waals surface area contributed by atoms with Gasteiger partial charge in [-0.05, 0) is 56.9 Å². The Bertz CT molecular complexity index is 267. The van der Waals surface area contributed by atoms with E-state index in [1.54, 1.807) is 5.57 Å². The molecule has 2 aliphatic carbocycles. The molecular weight excluding hydrogens is 194 g/mol. The van der Waals surface area contributed by atoms with E-state index < -0.39 is 0 Å².